The van der Waals surface area contributed by atoms with Gasteiger partial charge in [0.15, 0.2) is 0 Å². The van der Waals surface area contributed by atoms with Crippen LogP contribution in [0.5, 0.6) is 0 Å². The SMILES string of the molecule is CNC1CN(c2c(C)cc(C)cc2Cl)C1. The van der Waals surface area contributed by atoms with E-state index in [1.54, 1.807) is 0 Å². The fourth-order valence-corrected chi connectivity index (χ4v) is 2.59. The third-order valence-electron chi connectivity index (χ3n) is 3.00. The van der Waals surface area contributed by atoms with E-state index in [0.29, 0.717) is 6.04 Å². The number of likely N-dealkylation sites (N-methyl/N-ethyl adjacent to an activating group) is 1. The van der Waals surface area contributed by atoms with Crippen LogP contribution in [0.2, 0.25) is 5.02 Å². The number of hydrogen-bond acceptors (Lipinski definition) is 2. The van der Waals surface area contributed by atoms with Gasteiger partial charge in [-0.05, 0) is 38.1 Å². The summed E-state index contributed by atoms with van der Waals surface area (Å²) in [7, 11) is 2.01. The van der Waals surface area contributed by atoms with Crippen LogP contribution in [-0.2, 0) is 0 Å². The number of nitrogens with one attached hydrogen (secondary N) is 1. The Morgan fingerprint density at radius 3 is 2.53 bits per heavy atom. The quantitative estimate of drug-likeness (QED) is 0.830. The minimum atomic E-state index is 0.613. The van der Waals surface area contributed by atoms with Gasteiger partial charge in [0, 0.05) is 19.1 Å². The summed E-state index contributed by atoms with van der Waals surface area (Å²) in [6.07, 6.45) is 0. The largest absolute Gasteiger partial charge is 0.367 e. The number of nitrogens with zero attached hydrogens (tertiary/aromatic N) is 1. The van der Waals surface area contributed by atoms with Gasteiger partial charge in [-0.1, -0.05) is 17.7 Å². The van der Waals surface area contributed by atoms with E-state index in [1.807, 2.05) is 13.1 Å². The maximum atomic E-state index is 6.27. The zero-order valence-electron chi connectivity index (χ0n) is 9.47. The molecule has 2 nitrogen and oxygen atoms in total. The molecular formula is C12H17ClN2. The van der Waals surface area contributed by atoms with Gasteiger partial charge in [0.1, 0.15) is 0 Å². The molecule has 1 aromatic rings. The highest BCUT2D eigenvalue weighted by atomic mass is 35.5. The molecule has 0 aliphatic carbocycles. The van der Waals surface area contributed by atoms with Crippen molar-refractivity contribution in [3.05, 3.63) is 28.3 Å². The molecule has 0 aromatic heterocycles. The Kier molecular flexibility index (Phi) is 2.89. The van der Waals surface area contributed by atoms with Gasteiger partial charge in [0.25, 0.3) is 0 Å². The summed E-state index contributed by atoms with van der Waals surface area (Å²) in [5.74, 6) is 0. The Morgan fingerprint density at radius 2 is 2.00 bits per heavy atom. The van der Waals surface area contributed by atoms with E-state index >= 15 is 0 Å². The molecule has 1 N–H and O–H groups in total. The van der Waals surface area contributed by atoms with Crippen LogP contribution in [-0.4, -0.2) is 26.2 Å². The molecule has 2 rings (SSSR count). The standard InChI is InChI=1S/C12H17ClN2/c1-8-4-9(2)12(11(13)5-8)15-6-10(7-15)14-3/h4-5,10,14H,6-7H2,1-3H3. The van der Waals surface area contributed by atoms with Crippen LogP contribution < -0.4 is 10.2 Å². The fraction of sp³-hybridized carbons (Fsp3) is 0.500. The van der Waals surface area contributed by atoms with Gasteiger partial charge in [-0.2, -0.15) is 0 Å². The number of hydrogen-bond donors (Lipinski definition) is 1. The molecule has 15 heavy (non-hydrogen) atoms. The lowest BCUT2D eigenvalue weighted by molar-refractivity contribution is 0.450. The number of rotatable bonds is 2. The first kappa shape index (κ1) is 10.8. The van der Waals surface area contributed by atoms with Crippen LogP contribution in [0.1, 0.15) is 11.1 Å². The van der Waals surface area contributed by atoms with Crippen LogP contribution in [0.25, 0.3) is 0 Å². The predicted molar refractivity (Wildman–Crippen MR) is 66.0 cm³/mol. The van der Waals surface area contributed by atoms with Crippen LogP contribution in [0.15, 0.2) is 12.1 Å². The predicted octanol–water partition coefficient (Wildman–Crippen LogP) is 2.36. The second kappa shape index (κ2) is 4.03. The van der Waals surface area contributed by atoms with Gasteiger partial charge in [-0.15, -0.1) is 0 Å². The molecule has 0 amide bonds. The summed E-state index contributed by atoms with van der Waals surface area (Å²) in [5.41, 5.74) is 3.70. The van der Waals surface area contributed by atoms with Crippen LogP contribution >= 0.6 is 11.6 Å². The summed E-state index contributed by atoms with van der Waals surface area (Å²) < 4.78 is 0. The zero-order valence-corrected chi connectivity index (χ0v) is 10.2. The summed E-state index contributed by atoms with van der Waals surface area (Å²) in [6.45, 7) is 6.32. The lowest BCUT2D eigenvalue weighted by Crippen LogP contribution is -2.57. The van der Waals surface area contributed by atoms with E-state index in [2.05, 4.69) is 30.1 Å². The van der Waals surface area contributed by atoms with Crippen LogP contribution in [0.3, 0.4) is 0 Å². The molecule has 0 unspecified atom stereocenters. The number of benzene rings is 1. The normalized spacial score (nSPS) is 16.7. The highest BCUT2D eigenvalue weighted by Gasteiger charge is 2.27. The average Bonchev–Trinajstić information content (AvgIpc) is 2.06. The third kappa shape index (κ3) is 1.97. The summed E-state index contributed by atoms with van der Waals surface area (Å²) in [5, 5.41) is 4.14. The first-order valence-electron chi connectivity index (χ1n) is 5.30. The molecule has 3 heteroatoms. The van der Waals surface area contributed by atoms with Gasteiger partial charge in [-0.25, -0.2) is 0 Å². The maximum Gasteiger partial charge on any atom is 0.0644 e. The van der Waals surface area contributed by atoms with E-state index in [0.717, 1.165) is 18.1 Å². The molecule has 0 saturated carbocycles. The Labute approximate surface area is 96.2 Å². The Morgan fingerprint density at radius 1 is 1.33 bits per heavy atom. The van der Waals surface area contributed by atoms with E-state index in [-0.39, 0.29) is 0 Å². The van der Waals surface area contributed by atoms with E-state index in [1.165, 1.54) is 16.8 Å². The monoisotopic (exact) mass is 224 g/mol. The zero-order chi connectivity index (χ0) is 11.0. The maximum absolute atomic E-state index is 6.27. The Hall–Kier alpha value is -0.730. The number of aryl methyl sites for hydroxylation is 2. The molecule has 0 atom stereocenters. The first-order valence-corrected chi connectivity index (χ1v) is 5.68. The molecule has 1 heterocycles. The summed E-state index contributed by atoms with van der Waals surface area (Å²) >= 11 is 6.27. The van der Waals surface area contributed by atoms with Gasteiger partial charge < -0.3 is 10.2 Å². The number of halogens is 1. The topological polar surface area (TPSA) is 15.3 Å². The molecule has 0 radical (unpaired) electrons. The molecule has 0 bridgehead atoms. The molecule has 0 spiro atoms. The average molecular weight is 225 g/mol. The van der Waals surface area contributed by atoms with Crippen molar-refractivity contribution < 1.29 is 0 Å². The van der Waals surface area contributed by atoms with E-state index in [4.69, 9.17) is 11.6 Å². The van der Waals surface area contributed by atoms with Crippen molar-refractivity contribution in [3.8, 4) is 0 Å². The van der Waals surface area contributed by atoms with Gasteiger partial charge in [-0.3, -0.25) is 0 Å². The summed E-state index contributed by atoms with van der Waals surface area (Å²) in [4.78, 5) is 2.33. The first-order chi connectivity index (χ1) is 7.11. The van der Waals surface area contributed by atoms with Crippen molar-refractivity contribution in [1.29, 1.82) is 0 Å². The summed E-state index contributed by atoms with van der Waals surface area (Å²) in [6, 6.07) is 4.84. The third-order valence-corrected chi connectivity index (χ3v) is 3.29. The van der Waals surface area contributed by atoms with Crippen molar-refractivity contribution in [2.24, 2.45) is 0 Å². The van der Waals surface area contributed by atoms with Gasteiger partial charge >= 0.3 is 0 Å². The lowest BCUT2D eigenvalue weighted by Gasteiger charge is -2.42. The van der Waals surface area contributed by atoms with Crippen molar-refractivity contribution in [2.75, 3.05) is 25.0 Å². The van der Waals surface area contributed by atoms with Crippen molar-refractivity contribution in [1.82, 2.24) is 5.32 Å². The molecule has 1 saturated heterocycles. The minimum Gasteiger partial charge on any atom is -0.367 e. The second-order valence-electron chi connectivity index (χ2n) is 4.30. The molecule has 1 aliphatic rings. The van der Waals surface area contributed by atoms with Crippen molar-refractivity contribution >= 4 is 17.3 Å². The van der Waals surface area contributed by atoms with Gasteiger partial charge in [0.05, 0.1) is 10.7 Å². The minimum absolute atomic E-state index is 0.613. The van der Waals surface area contributed by atoms with E-state index in [9.17, 15) is 0 Å². The molecular weight excluding hydrogens is 208 g/mol. The lowest BCUT2D eigenvalue weighted by atomic mass is 10.0. The van der Waals surface area contributed by atoms with Crippen LogP contribution in [0.4, 0.5) is 5.69 Å². The van der Waals surface area contributed by atoms with E-state index < -0.39 is 0 Å². The highest BCUT2D eigenvalue weighted by molar-refractivity contribution is 6.33. The smallest absolute Gasteiger partial charge is 0.0644 e. The molecule has 1 fully saturated rings. The second-order valence-corrected chi connectivity index (χ2v) is 4.71. The van der Waals surface area contributed by atoms with Crippen molar-refractivity contribution in [3.63, 3.8) is 0 Å². The highest BCUT2D eigenvalue weighted by Crippen LogP contribution is 2.33. The van der Waals surface area contributed by atoms with Crippen molar-refractivity contribution in [2.45, 2.75) is 19.9 Å². The molecule has 1 aliphatic heterocycles. The number of anilines is 1. The molecule has 82 valence electrons. The Bertz CT molecular complexity index is 347. The Balaban J connectivity index is 2.22. The van der Waals surface area contributed by atoms with Crippen LogP contribution in [0, 0.1) is 13.8 Å². The molecule has 1 aromatic carbocycles. The fourth-order valence-electron chi connectivity index (χ4n) is 2.15. The van der Waals surface area contributed by atoms with Gasteiger partial charge in [0.2, 0.25) is 0 Å².